The molecule has 17 heavy (non-hydrogen) atoms. The summed E-state index contributed by atoms with van der Waals surface area (Å²) in [4.78, 5) is 4.31. The lowest BCUT2D eigenvalue weighted by Crippen LogP contribution is -1.98. The molecule has 2 aromatic rings. The standard InChI is InChI=1S/C14H15NO2/c1-10-6-12(7-11(2)15-10)9-17-14-5-3-4-13(16)8-14/h3-8,16H,9H2,1-2H3. The van der Waals surface area contributed by atoms with Crippen LogP contribution in [0.25, 0.3) is 0 Å². The number of pyridine rings is 1. The number of aryl methyl sites for hydroxylation is 2. The number of phenols is 1. The Morgan fingerprint density at radius 2 is 1.82 bits per heavy atom. The highest BCUT2D eigenvalue weighted by molar-refractivity contribution is 5.32. The Morgan fingerprint density at radius 1 is 1.12 bits per heavy atom. The molecule has 1 heterocycles. The largest absolute Gasteiger partial charge is 0.508 e. The molecule has 0 saturated carbocycles. The molecule has 0 aliphatic rings. The van der Waals surface area contributed by atoms with Crippen LogP contribution in [-0.2, 0) is 6.61 Å². The fourth-order valence-corrected chi connectivity index (χ4v) is 1.74. The summed E-state index contributed by atoms with van der Waals surface area (Å²) in [6, 6.07) is 10.8. The Labute approximate surface area is 101 Å². The van der Waals surface area contributed by atoms with Gasteiger partial charge in [-0.15, -0.1) is 0 Å². The van der Waals surface area contributed by atoms with Crippen LogP contribution in [0.5, 0.6) is 11.5 Å². The van der Waals surface area contributed by atoms with Crippen LogP contribution < -0.4 is 4.74 Å². The Balaban J connectivity index is 2.07. The monoisotopic (exact) mass is 229 g/mol. The van der Waals surface area contributed by atoms with Crippen LogP contribution in [0.1, 0.15) is 17.0 Å². The summed E-state index contributed by atoms with van der Waals surface area (Å²) in [5, 5.41) is 9.31. The molecule has 0 unspecified atom stereocenters. The van der Waals surface area contributed by atoms with Crippen LogP contribution in [-0.4, -0.2) is 10.1 Å². The molecule has 2 rings (SSSR count). The second kappa shape index (κ2) is 4.87. The van der Waals surface area contributed by atoms with Crippen LogP contribution in [0.4, 0.5) is 0 Å². The average molecular weight is 229 g/mol. The SMILES string of the molecule is Cc1cc(COc2cccc(O)c2)cc(C)n1. The van der Waals surface area contributed by atoms with Crippen molar-refractivity contribution in [3.8, 4) is 11.5 Å². The zero-order valence-corrected chi connectivity index (χ0v) is 9.97. The summed E-state index contributed by atoms with van der Waals surface area (Å²) in [5.41, 5.74) is 3.05. The van der Waals surface area contributed by atoms with E-state index in [2.05, 4.69) is 4.98 Å². The number of benzene rings is 1. The van der Waals surface area contributed by atoms with E-state index in [1.807, 2.05) is 32.0 Å². The third-order valence-electron chi connectivity index (χ3n) is 2.36. The van der Waals surface area contributed by atoms with E-state index >= 15 is 0 Å². The minimum absolute atomic E-state index is 0.213. The van der Waals surface area contributed by atoms with Crippen molar-refractivity contribution in [2.24, 2.45) is 0 Å². The summed E-state index contributed by atoms with van der Waals surface area (Å²) in [7, 11) is 0. The lowest BCUT2D eigenvalue weighted by Gasteiger charge is -2.07. The fraction of sp³-hybridized carbons (Fsp3) is 0.214. The van der Waals surface area contributed by atoms with Gasteiger partial charge in [-0.1, -0.05) is 6.07 Å². The highest BCUT2D eigenvalue weighted by atomic mass is 16.5. The summed E-state index contributed by atoms with van der Waals surface area (Å²) in [5.74, 6) is 0.877. The van der Waals surface area contributed by atoms with Crippen LogP contribution in [0, 0.1) is 13.8 Å². The second-order valence-corrected chi connectivity index (χ2v) is 4.04. The summed E-state index contributed by atoms with van der Waals surface area (Å²) >= 11 is 0. The summed E-state index contributed by atoms with van der Waals surface area (Å²) in [6.07, 6.45) is 0. The Hall–Kier alpha value is -2.03. The zero-order valence-electron chi connectivity index (χ0n) is 9.97. The van der Waals surface area contributed by atoms with Gasteiger partial charge in [0.2, 0.25) is 0 Å². The molecule has 0 atom stereocenters. The molecule has 0 fully saturated rings. The summed E-state index contributed by atoms with van der Waals surface area (Å²) in [6.45, 7) is 4.41. The molecule has 3 nitrogen and oxygen atoms in total. The van der Waals surface area contributed by atoms with Crippen LogP contribution in [0.15, 0.2) is 36.4 Å². The number of ether oxygens (including phenoxy) is 1. The van der Waals surface area contributed by atoms with Gasteiger partial charge < -0.3 is 9.84 Å². The molecule has 88 valence electrons. The van der Waals surface area contributed by atoms with Crippen molar-refractivity contribution >= 4 is 0 Å². The average Bonchev–Trinajstić information content (AvgIpc) is 2.25. The molecule has 3 heteroatoms. The minimum Gasteiger partial charge on any atom is -0.508 e. The maximum absolute atomic E-state index is 9.31. The van der Waals surface area contributed by atoms with Gasteiger partial charge in [0.05, 0.1) is 0 Å². The number of aromatic nitrogens is 1. The Kier molecular flexibility index (Phi) is 3.28. The smallest absolute Gasteiger partial charge is 0.123 e. The first kappa shape index (κ1) is 11.5. The van der Waals surface area contributed by atoms with Crippen molar-refractivity contribution in [3.05, 3.63) is 53.3 Å². The first-order chi connectivity index (χ1) is 8.13. The van der Waals surface area contributed by atoms with E-state index in [0.717, 1.165) is 17.0 Å². The topological polar surface area (TPSA) is 42.4 Å². The molecule has 0 amide bonds. The molecular formula is C14H15NO2. The van der Waals surface area contributed by atoms with E-state index in [9.17, 15) is 5.11 Å². The second-order valence-electron chi connectivity index (χ2n) is 4.04. The molecule has 0 spiro atoms. The molecular weight excluding hydrogens is 214 g/mol. The quantitative estimate of drug-likeness (QED) is 0.879. The van der Waals surface area contributed by atoms with E-state index in [4.69, 9.17) is 4.74 Å². The molecule has 0 aliphatic carbocycles. The molecule has 0 saturated heterocycles. The lowest BCUT2D eigenvalue weighted by molar-refractivity contribution is 0.304. The zero-order chi connectivity index (χ0) is 12.3. The third-order valence-corrected chi connectivity index (χ3v) is 2.36. The van der Waals surface area contributed by atoms with Gasteiger partial charge in [0.25, 0.3) is 0 Å². The maximum Gasteiger partial charge on any atom is 0.123 e. The van der Waals surface area contributed by atoms with Crippen molar-refractivity contribution in [1.29, 1.82) is 0 Å². The normalized spacial score (nSPS) is 10.2. The van der Waals surface area contributed by atoms with E-state index < -0.39 is 0 Å². The fourth-order valence-electron chi connectivity index (χ4n) is 1.74. The van der Waals surface area contributed by atoms with Gasteiger partial charge >= 0.3 is 0 Å². The van der Waals surface area contributed by atoms with Gasteiger partial charge in [-0.25, -0.2) is 0 Å². The highest BCUT2D eigenvalue weighted by Gasteiger charge is 1.99. The molecule has 0 aliphatic heterocycles. The van der Waals surface area contributed by atoms with Crippen molar-refractivity contribution in [3.63, 3.8) is 0 Å². The van der Waals surface area contributed by atoms with Gasteiger partial charge in [-0.3, -0.25) is 4.98 Å². The number of hydrogen-bond acceptors (Lipinski definition) is 3. The number of nitrogens with zero attached hydrogens (tertiary/aromatic N) is 1. The summed E-state index contributed by atoms with van der Waals surface area (Å²) < 4.78 is 5.60. The van der Waals surface area contributed by atoms with Gasteiger partial charge in [-0.05, 0) is 43.7 Å². The van der Waals surface area contributed by atoms with Gasteiger partial charge in [0.1, 0.15) is 18.1 Å². The van der Waals surface area contributed by atoms with Gasteiger partial charge in [-0.2, -0.15) is 0 Å². The molecule has 0 bridgehead atoms. The van der Waals surface area contributed by atoms with Crippen molar-refractivity contribution in [1.82, 2.24) is 4.98 Å². The maximum atomic E-state index is 9.31. The minimum atomic E-state index is 0.213. The van der Waals surface area contributed by atoms with Gasteiger partial charge in [0, 0.05) is 17.5 Å². The number of phenolic OH excluding ortho intramolecular Hbond substituents is 1. The van der Waals surface area contributed by atoms with E-state index in [-0.39, 0.29) is 5.75 Å². The van der Waals surface area contributed by atoms with Gasteiger partial charge in [0.15, 0.2) is 0 Å². The highest BCUT2D eigenvalue weighted by Crippen LogP contribution is 2.19. The van der Waals surface area contributed by atoms with E-state index in [1.54, 1.807) is 18.2 Å². The third kappa shape index (κ3) is 3.21. The van der Waals surface area contributed by atoms with E-state index in [1.165, 1.54) is 0 Å². The van der Waals surface area contributed by atoms with Crippen molar-refractivity contribution in [2.75, 3.05) is 0 Å². The number of rotatable bonds is 3. The van der Waals surface area contributed by atoms with Crippen molar-refractivity contribution in [2.45, 2.75) is 20.5 Å². The first-order valence-electron chi connectivity index (χ1n) is 5.49. The molecule has 1 N–H and O–H groups in total. The van der Waals surface area contributed by atoms with Crippen LogP contribution >= 0.6 is 0 Å². The lowest BCUT2D eigenvalue weighted by atomic mass is 10.2. The van der Waals surface area contributed by atoms with Crippen LogP contribution in [0.3, 0.4) is 0 Å². The molecule has 1 aromatic carbocycles. The predicted molar refractivity (Wildman–Crippen MR) is 66.1 cm³/mol. The number of aromatic hydroxyl groups is 1. The Morgan fingerprint density at radius 3 is 2.47 bits per heavy atom. The van der Waals surface area contributed by atoms with Crippen LogP contribution in [0.2, 0.25) is 0 Å². The Bertz CT molecular complexity index is 503. The molecule has 0 radical (unpaired) electrons. The first-order valence-corrected chi connectivity index (χ1v) is 5.49. The molecule has 1 aromatic heterocycles. The number of hydrogen-bond donors (Lipinski definition) is 1. The predicted octanol–water partition coefficient (Wildman–Crippen LogP) is 2.98. The van der Waals surface area contributed by atoms with Crippen molar-refractivity contribution < 1.29 is 9.84 Å². The van der Waals surface area contributed by atoms with E-state index in [0.29, 0.717) is 12.4 Å².